The first kappa shape index (κ1) is 14.1. The third kappa shape index (κ3) is 2.77. The fourth-order valence-electron chi connectivity index (χ4n) is 3.38. The first-order chi connectivity index (χ1) is 9.58. The van der Waals surface area contributed by atoms with Crippen LogP contribution >= 0.6 is 15.9 Å². The second kappa shape index (κ2) is 5.49. The van der Waals surface area contributed by atoms with Crippen molar-refractivity contribution in [3.63, 3.8) is 0 Å². The van der Waals surface area contributed by atoms with Crippen LogP contribution in [0, 0.1) is 5.41 Å². The number of hydrogen-bond acceptors (Lipinski definition) is 2. The van der Waals surface area contributed by atoms with Gasteiger partial charge in [-0.25, -0.2) is 0 Å². The Labute approximate surface area is 129 Å². The Hall–Kier alpha value is -0.870. The Morgan fingerprint density at radius 3 is 2.35 bits per heavy atom. The number of likely N-dealkylation sites (tertiary alicyclic amines) is 2. The summed E-state index contributed by atoms with van der Waals surface area (Å²) in [5.41, 5.74) is 1.19. The second-order valence-corrected chi connectivity index (χ2v) is 7.20. The number of hydrogen-bond donors (Lipinski definition) is 0. The molecule has 2 fully saturated rings. The molecule has 0 bridgehead atoms. The van der Waals surface area contributed by atoms with Crippen molar-refractivity contribution in [2.24, 2.45) is 5.41 Å². The number of halogens is 1. The van der Waals surface area contributed by atoms with Gasteiger partial charge in [-0.05, 0) is 69.1 Å². The van der Waals surface area contributed by atoms with Crippen molar-refractivity contribution >= 4 is 21.8 Å². The van der Waals surface area contributed by atoms with Crippen LogP contribution < -0.4 is 0 Å². The molecule has 0 atom stereocenters. The van der Waals surface area contributed by atoms with E-state index in [1.54, 1.807) is 0 Å². The van der Waals surface area contributed by atoms with Crippen LogP contribution in [0.4, 0.5) is 0 Å². The van der Waals surface area contributed by atoms with E-state index in [9.17, 15) is 4.79 Å². The maximum absolute atomic E-state index is 12.5. The van der Waals surface area contributed by atoms with Crippen molar-refractivity contribution in [3.05, 3.63) is 34.3 Å². The van der Waals surface area contributed by atoms with Crippen molar-refractivity contribution in [3.8, 4) is 0 Å². The third-order valence-electron chi connectivity index (χ3n) is 4.86. The number of piperidine rings is 1. The molecule has 0 radical (unpaired) electrons. The number of amides is 1. The monoisotopic (exact) mass is 336 g/mol. The molecule has 2 heterocycles. The lowest BCUT2D eigenvalue weighted by atomic mass is 9.78. The molecule has 2 aliphatic heterocycles. The minimum atomic E-state index is 0.188. The van der Waals surface area contributed by atoms with Crippen LogP contribution in [0.2, 0.25) is 0 Å². The summed E-state index contributed by atoms with van der Waals surface area (Å²) in [6.07, 6.45) is 3.63. The number of carbonyl (C=O) groups is 1. The summed E-state index contributed by atoms with van der Waals surface area (Å²) in [7, 11) is 2.19. The molecule has 2 saturated heterocycles. The molecule has 0 unspecified atom stereocenters. The number of benzene rings is 1. The molecule has 0 aliphatic carbocycles. The predicted octanol–water partition coefficient (Wildman–Crippen LogP) is 3.01. The molecule has 4 heteroatoms. The Balaban J connectivity index is 1.67. The van der Waals surface area contributed by atoms with E-state index in [-0.39, 0.29) is 5.91 Å². The Morgan fingerprint density at radius 1 is 1.10 bits per heavy atom. The van der Waals surface area contributed by atoms with Gasteiger partial charge in [0.25, 0.3) is 5.91 Å². The van der Waals surface area contributed by atoms with E-state index in [0.717, 1.165) is 23.1 Å². The first-order valence-electron chi connectivity index (χ1n) is 7.31. The minimum absolute atomic E-state index is 0.188. The molecule has 1 spiro atoms. The highest BCUT2D eigenvalue weighted by molar-refractivity contribution is 9.10. The van der Waals surface area contributed by atoms with E-state index >= 15 is 0 Å². The lowest BCUT2D eigenvalue weighted by Crippen LogP contribution is -2.40. The molecular formula is C16H21BrN2O. The van der Waals surface area contributed by atoms with Gasteiger partial charge >= 0.3 is 0 Å². The second-order valence-electron chi connectivity index (χ2n) is 6.29. The standard InChI is InChI=1S/C16H21BrN2O/c1-18-9-6-16(7-10-18)8-11-19(12-16)15(20)13-2-4-14(17)5-3-13/h2-5H,6-12H2,1H3. The zero-order valence-corrected chi connectivity index (χ0v) is 13.5. The van der Waals surface area contributed by atoms with E-state index in [4.69, 9.17) is 0 Å². The van der Waals surface area contributed by atoms with Crippen molar-refractivity contribution in [1.29, 1.82) is 0 Å². The summed E-state index contributed by atoms with van der Waals surface area (Å²) >= 11 is 3.41. The number of rotatable bonds is 1. The van der Waals surface area contributed by atoms with E-state index in [2.05, 4.69) is 32.8 Å². The predicted molar refractivity (Wildman–Crippen MR) is 83.8 cm³/mol. The molecule has 108 valence electrons. The lowest BCUT2D eigenvalue weighted by molar-refractivity contribution is 0.0736. The minimum Gasteiger partial charge on any atom is -0.338 e. The lowest BCUT2D eigenvalue weighted by Gasteiger charge is -2.37. The van der Waals surface area contributed by atoms with E-state index in [1.807, 2.05) is 24.3 Å². The Kier molecular flexibility index (Phi) is 3.87. The average molecular weight is 337 g/mol. The topological polar surface area (TPSA) is 23.6 Å². The quantitative estimate of drug-likeness (QED) is 0.787. The van der Waals surface area contributed by atoms with Crippen LogP contribution in [0.25, 0.3) is 0 Å². The fourth-order valence-corrected chi connectivity index (χ4v) is 3.65. The molecule has 20 heavy (non-hydrogen) atoms. The molecule has 2 aliphatic rings. The summed E-state index contributed by atoms with van der Waals surface area (Å²) in [6, 6.07) is 7.70. The first-order valence-corrected chi connectivity index (χ1v) is 8.11. The maximum Gasteiger partial charge on any atom is 0.253 e. The molecular weight excluding hydrogens is 316 g/mol. The van der Waals surface area contributed by atoms with E-state index in [0.29, 0.717) is 5.41 Å². The van der Waals surface area contributed by atoms with Crippen LogP contribution in [-0.4, -0.2) is 48.9 Å². The van der Waals surface area contributed by atoms with Gasteiger partial charge in [-0.1, -0.05) is 15.9 Å². The molecule has 1 aromatic rings. The Morgan fingerprint density at radius 2 is 1.70 bits per heavy atom. The highest BCUT2D eigenvalue weighted by atomic mass is 79.9. The summed E-state index contributed by atoms with van der Waals surface area (Å²) in [5.74, 6) is 0.188. The van der Waals surface area contributed by atoms with Gasteiger partial charge in [0.2, 0.25) is 0 Å². The highest BCUT2D eigenvalue weighted by Crippen LogP contribution is 2.40. The zero-order valence-electron chi connectivity index (χ0n) is 11.9. The molecule has 0 N–H and O–H groups in total. The SMILES string of the molecule is CN1CCC2(CC1)CCN(C(=O)c1ccc(Br)cc1)C2. The van der Waals surface area contributed by atoms with Crippen molar-refractivity contribution < 1.29 is 4.79 Å². The van der Waals surface area contributed by atoms with Gasteiger partial charge in [-0.3, -0.25) is 4.79 Å². The van der Waals surface area contributed by atoms with Crippen LogP contribution in [0.15, 0.2) is 28.7 Å². The normalized spacial score (nSPS) is 22.4. The largest absolute Gasteiger partial charge is 0.338 e. The highest BCUT2D eigenvalue weighted by Gasteiger charge is 2.41. The van der Waals surface area contributed by atoms with Crippen LogP contribution in [-0.2, 0) is 0 Å². The summed E-state index contributed by atoms with van der Waals surface area (Å²) in [5, 5.41) is 0. The maximum atomic E-state index is 12.5. The molecule has 3 nitrogen and oxygen atoms in total. The van der Waals surface area contributed by atoms with Gasteiger partial charge in [0.1, 0.15) is 0 Å². The third-order valence-corrected chi connectivity index (χ3v) is 5.39. The van der Waals surface area contributed by atoms with Gasteiger partial charge < -0.3 is 9.80 Å². The average Bonchev–Trinajstić information content (AvgIpc) is 2.87. The summed E-state index contributed by atoms with van der Waals surface area (Å²) in [6.45, 7) is 4.19. The number of nitrogens with zero attached hydrogens (tertiary/aromatic N) is 2. The van der Waals surface area contributed by atoms with Crippen molar-refractivity contribution in [2.75, 3.05) is 33.2 Å². The van der Waals surface area contributed by atoms with E-state index in [1.165, 1.54) is 32.4 Å². The Bertz CT molecular complexity index is 492. The molecule has 0 aromatic heterocycles. The zero-order chi connectivity index (χ0) is 14.2. The van der Waals surface area contributed by atoms with Gasteiger partial charge in [-0.15, -0.1) is 0 Å². The molecule has 1 aromatic carbocycles. The summed E-state index contributed by atoms with van der Waals surface area (Å²) in [4.78, 5) is 17.0. The van der Waals surface area contributed by atoms with Crippen LogP contribution in [0.5, 0.6) is 0 Å². The van der Waals surface area contributed by atoms with Gasteiger partial charge in [0.15, 0.2) is 0 Å². The van der Waals surface area contributed by atoms with Crippen LogP contribution in [0.3, 0.4) is 0 Å². The molecule has 1 amide bonds. The molecule has 0 saturated carbocycles. The molecule has 3 rings (SSSR count). The number of carbonyl (C=O) groups excluding carboxylic acids is 1. The van der Waals surface area contributed by atoms with Crippen molar-refractivity contribution in [2.45, 2.75) is 19.3 Å². The van der Waals surface area contributed by atoms with E-state index < -0.39 is 0 Å². The summed E-state index contributed by atoms with van der Waals surface area (Å²) < 4.78 is 1.02. The van der Waals surface area contributed by atoms with Crippen molar-refractivity contribution in [1.82, 2.24) is 9.80 Å². The van der Waals surface area contributed by atoms with Gasteiger partial charge in [0.05, 0.1) is 0 Å². The smallest absolute Gasteiger partial charge is 0.253 e. The van der Waals surface area contributed by atoms with Gasteiger partial charge in [0, 0.05) is 23.1 Å². The van der Waals surface area contributed by atoms with Gasteiger partial charge in [-0.2, -0.15) is 0 Å². The van der Waals surface area contributed by atoms with Crippen LogP contribution in [0.1, 0.15) is 29.6 Å². The fraction of sp³-hybridized carbons (Fsp3) is 0.562.